The maximum atomic E-state index is 12.9. The molecule has 138 valence electrons. The highest BCUT2D eigenvalue weighted by Gasteiger charge is 2.30. The van der Waals surface area contributed by atoms with Crippen molar-refractivity contribution in [3.63, 3.8) is 0 Å². The maximum Gasteiger partial charge on any atom is 0.257 e. The van der Waals surface area contributed by atoms with Gasteiger partial charge in [0.2, 0.25) is 0 Å². The number of methoxy groups -OCH3 is 1. The number of nitrogens with one attached hydrogen (secondary N) is 1. The number of rotatable bonds is 3. The molecule has 1 fully saturated rings. The van der Waals surface area contributed by atoms with E-state index in [1.54, 1.807) is 25.3 Å². The standard InChI is InChI=1S/C18H22ClN5O2/c1-26-15-10-13(19)2-3-14(15)18(25)23-7-4-12(5-8-23)17-22-21-16-11-20-6-9-24(16)17/h2-3,10,12,20H,4-9,11H2,1H3. The van der Waals surface area contributed by atoms with Crippen LogP contribution in [0.5, 0.6) is 5.75 Å². The minimum atomic E-state index is -0.00978. The van der Waals surface area contributed by atoms with Gasteiger partial charge in [0.05, 0.1) is 19.2 Å². The number of ether oxygens (including phenoxy) is 1. The lowest BCUT2D eigenvalue weighted by molar-refractivity contribution is 0.0706. The summed E-state index contributed by atoms with van der Waals surface area (Å²) in [5.74, 6) is 2.94. The molecule has 4 rings (SSSR count). The smallest absolute Gasteiger partial charge is 0.257 e. The van der Waals surface area contributed by atoms with Gasteiger partial charge in [0, 0.05) is 37.1 Å². The van der Waals surface area contributed by atoms with Crippen molar-refractivity contribution >= 4 is 17.5 Å². The Labute approximate surface area is 157 Å². The molecule has 0 unspecified atom stereocenters. The number of amides is 1. The fourth-order valence-electron chi connectivity index (χ4n) is 3.77. The first-order chi connectivity index (χ1) is 12.7. The predicted molar refractivity (Wildman–Crippen MR) is 97.6 cm³/mol. The molecule has 1 amide bonds. The van der Waals surface area contributed by atoms with E-state index < -0.39 is 0 Å². The number of carbonyl (C=O) groups excluding carboxylic acids is 1. The average molecular weight is 376 g/mol. The molecule has 26 heavy (non-hydrogen) atoms. The summed E-state index contributed by atoms with van der Waals surface area (Å²) in [5.41, 5.74) is 0.557. The summed E-state index contributed by atoms with van der Waals surface area (Å²) in [6, 6.07) is 5.14. The second-order valence-corrected chi connectivity index (χ2v) is 7.15. The highest BCUT2D eigenvalue weighted by Crippen LogP contribution is 2.30. The van der Waals surface area contributed by atoms with Crippen LogP contribution in [0.15, 0.2) is 18.2 Å². The van der Waals surface area contributed by atoms with Crippen LogP contribution < -0.4 is 10.1 Å². The molecule has 2 aromatic rings. The lowest BCUT2D eigenvalue weighted by Crippen LogP contribution is -2.39. The van der Waals surface area contributed by atoms with Gasteiger partial charge >= 0.3 is 0 Å². The monoisotopic (exact) mass is 375 g/mol. The van der Waals surface area contributed by atoms with Crippen LogP contribution >= 0.6 is 11.6 Å². The van der Waals surface area contributed by atoms with Crippen LogP contribution in [0.3, 0.4) is 0 Å². The molecule has 0 atom stereocenters. The Morgan fingerprint density at radius 1 is 1.27 bits per heavy atom. The van der Waals surface area contributed by atoms with E-state index in [0.717, 1.165) is 44.1 Å². The molecule has 0 bridgehead atoms. The summed E-state index contributed by atoms with van der Waals surface area (Å²) >= 11 is 6.00. The van der Waals surface area contributed by atoms with Gasteiger partial charge in [-0.15, -0.1) is 10.2 Å². The Kier molecular flexibility index (Phi) is 4.82. The number of fused-ring (bicyclic) bond motifs is 1. The molecule has 0 saturated carbocycles. The maximum absolute atomic E-state index is 12.9. The Hall–Kier alpha value is -2.12. The van der Waals surface area contributed by atoms with E-state index in [1.807, 2.05) is 4.90 Å². The molecular weight excluding hydrogens is 354 g/mol. The van der Waals surface area contributed by atoms with Gasteiger partial charge in [-0.25, -0.2) is 0 Å². The van der Waals surface area contributed by atoms with E-state index in [9.17, 15) is 4.79 Å². The van der Waals surface area contributed by atoms with Crippen molar-refractivity contribution in [2.24, 2.45) is 0 Å². The second-order valence-electron chi connectivity index (χ2n) is 6.71. The van der Waals surface area contributed by atoms with Crippen molar-refractivity contribution in [2.45, 2.75) is 31.8 Å². The van der Waals surface area contributed by atoms with Crippen LogP contribution in [0.1, 0.15) is 40.8 Å². The van der Waals surface area contributed by atoms with Gasteiger partial charge in [0.15, 0.2) is 0 Å². The Bertz CT molecular complexity index is 814. The van der Waals surface area contributed by atoms with Crippen LogP contribution in [-0.4, -0.2) is 52.3 Å². The van der Waals surface area contributed by atoms with Gasteiger partial charge in [-0.1, -0.05) is 11.6 Å². The summed E-state index contributed by atoms with van der Waals surface area (Å²) in [7, 11) is 1.55. The summed E-state index contributed by atoms with van der Waals surface area (Å²) in [4.78, 5) is 14.8. The Morgan fingerprint density at radius 3 is 2.85 bits per heavy atom. The number of benzene rings is 1. The molecular formula is C18H22ClN5O2. The van der Waals surface area contributed by atoms with E-state index in [-0.39, 0.29) is 5.91 Å². The summed E-state index contributed by atoms with van der Waals surface area (Å²) in [6.45, 7) is 4.05. The number of hydrogen-bond donors (Lipinski definition) is 1. The van der Waals surface area contributed by atoms with E-state index in [2.05, 4.69) is 20.1 Å². The van der Waals surface area contributed by atoms with Crippen molar-refractivity contribution in [2.75, 3.05) is 26.7 Å². The van der Waals surface area contributed by atoms with E-state index in [1.165, 1.54) is 0 Å². The van der Waals surface area contributed by atoms with E-state index in [0.29, 0.717) is 35.3 Å². The first-order valence-corrected chi connectivity index (χ1v) is 9.30. The van der Waals surface area contributed by atoms with Crippen LogP contribution in [0.4, 0.5) is 0 Å². The van der Waals surface area contributed by atoms with Crippen LogP contribution in [-0.2, 0) is 13.1 Å². The van der Waals surface area contributed by atoms with E-state index in [4.69, 9.17) is 16.3 Å². The van der Waals surface area contributed by atoms with E-state index >= 15 is 0 Å². The van der Waals surface area contributed by atoms with Crippen molar-refractivity contribution in [1.29, 1.82) is 0 Å². The molecule has 1 saturated heterocycles. The topological polar surface area (TPSA) is 72.3 Å². The number of carbonyl (C=O) groups is 1. The molecule has 2 aliphatic heterocycles. The molecule has 0 aliphatic carbocycles. The number of aromatic nitrogens is 3. The minimum absolute atomic E-state index is 0.00978. The number of likely N-dealkylation sites (tertiary alicyclic amines) is 1. The van der Waals surface area contributed by atoms with Gasteiger partial charge in [0.1, 0.15) is 17.4 Å². The van der Waals surface area contributed by atoms with Crippen molar-refractivity contribution in [1.82, 2.24) is 25.0 Å². The zero-order valence-electron chi connectivity index (χ0n) is 14.7. The first-order valence-electron chi connectivity index (χ1n) is 8.93. The number of piperidine rings is 1. The van der Waals surface area contributed by atoms with Crippen molar-refractivity contribution < 1.29 is 9.53 Å². The van der Waals surface area contributed by atoms with Crippen molar-refractivity contribution in [3.8, 4) is 5.75 Å². The Balaban J connectivity index is 1.45. The molecule has 3 heterocycles. The normalized spacial score (nSPS) is 17.8. The number of hydrogen-bond acceptors (Lipinski definition) is 5. The third-order valence-corrected chi connectivity index (χ3v) is 5.43. The van der Waals surface area contributed by atoms with Gasteiger partial charge in [-0.3, -0.25) is 4.79 Å². The molecule has 0 spiro atoms. The summed E-state index contributed by atoms with van der Waals surface area (Å²) in [6.07, 6.45) is 1.79. The quantitative estimate of drug-likeness (QED) is 0.889. The second kappa shape index (κ2) is 7.25. The zero-order valence-corrected chi connectivity index (χ0v) is 15.5. The third-order valence-electron chi connectivity index (χ3n) is 5.19. The predicted octanol–water partition coefficient (Wildman–Crippen LogP) is 2.06. The van der Waals surface area contributed by atoms with Crippen LogP contribution in [0, 0.1) is 0 Å². The fourth-order valence-corrected chi connectivity index (χ4v) is 3.93. The minimum Gasteiger partial charge on any atom is -0.496 e. The highest BCUT2D eigenvalue weighted by atomic mass is 35.5. The first kappa shape index (κ1) is 17.3. The molecule has 2 aliphatic rings. The Morgan fingerprint density at radius 2 is 2.08 bits per heavy atom. The SMILES string of the molecule is COc1cc(Cl)ccc1C(=O)N1CCC(c2nnc3n2CCNC3)CC1. The third kappa shape index (κ3) is 3.17. The van der Waals surface area contributed by atoms with Crippen LogP contribution in [0.2, 0.25) is 5.02 Å². The average Bonchev–Trinajstić information content (AvgIpc) is 3.11. The van der Waals surface area contributed by atoms with Gasteiger partial charge in [-0.05, 0) is 31.0 Å². The summed E-state index contributed by atoms with van der Waals surface area (Å²) < 4.78 is 7.56. The van der Waals surface area contributed by atoms with Gasteiger partial charge in [0.25, 0.3) is 5.91 Å². The summed E-state index contributed by atoms with van der Waals surface area (Å²) in [5, 5.41) is 12.6. The van der Waals surface area contributed by atoms with Crippen molar-refractivity contribution in [3.05, 3.63) is 40.4 Å². The molecule has 7 nitrogen and oxygen atoms in total. The van der Waals surface area contributed by atoms with Crippen LogP contribution in [0.25, 0.3) is 0 Å². The molecule has 8 heteroatoms. The highest BCUT2D eigenvalue weighted by molar-refractivity contribution is 6.30. The van der Waals surface area contributed by atoms with Gasteiger partial charge < -0.3 is 19.5 Å². The zero-order chi connectivity index (χ0) is 18.1. The molecule has 0 radical (unpaired) electrons. The number of halogens is 1. The molecule has 1 aromatic heterocycles. The fraction of sp³-hybridized carbons (Fsp3) is 0.500. The largest absolute Gasteiger partial charge is 0.496 e. The lowest BCUT2D eigenvalue weighted by Gasteiger charge is -2.32. The lowest BCUT2D eigenvalue weighted by atomic mass is 9.95. The molecule has 1 aromatic carbocycles. The number of nitrogens with zero attached hydrogens (tertiary/aromatic N) is 4. The van der Waals surface area contributed by atoms with Gasteiger partial charge in [-0.2, -0.15) is 0 Å². The molecule has 1 N–H and O–H groups in total.